The highest BCUT2D eigenvalue weighted by molar-refractivity contribution is 7.86. The molecule has 1 aliphatic heterocycles. The summed E-state index contributed by atoms with van der Waals surface area (Å²) in [7, 11) is -0.445. The van der Waals surface area contributed by atoms with Crippen LogP contribution in [0.4, 0.5) is 5.69 Å². The average molecular weight is 339 g/mol. The normalized spacial score (nSPS) is 19.7. The van der Waals surface area contributed by atoms with Crippen molar-refractivity contribution < 1.29 is 13.2 Å². The average Bonchev–Trinajstić information content (AvgIpc) is 2.55. The third-order valence-electron chi connectivity index (χ3n) is 4.17. The van der Waals surface area contributed by atoms with Gasteiger partial charge in [-0.05, 0) is 37.0 Å². The van der Waals surface area contributed by atoms with Crippen molar-refractivity contribution >= 4 is 21.8 Å². The van der Waals surface area contributed by atoms with Gasteiger partial charge in [0.25, 0.3) is 10.2 Å². The van der Waals surface area contributed by atoms with Gasteiger partial charge in [-0.1, -0.05) is 19.1 Å². The molecule has 1 aromatic carbocycles. The topological polar surface area (TPSA) is 69.7 Å². The Morgan fingerprint density at radius 2 is 1.96 bits per heavy atom. The highest BCUT2D eigenvalue weighted by Crippen LogP contribution is 2.22. The molecule has 0 aliphatic carbocycles. The molecule has 23 heavy (non-hydrogen) atoms. The van der Waals surface area contributed by atoms with Crippen molar-refractivity contribution in [1.29, 1.82) is 0 Å². The standard InChI is InChI=1S/C16H25N3O3S/c1-4-13-7-9-15(10-8-13)17-16(20)14-6-5-11-19(12-14)23(21,22)18(2)3/h7-10,14H,4-6,11-12H2,1-3H3,(H,17,20). The van der Waals surface area contributed by atoms with E-state index in [1.54, 1.807) is 0 Å². The van der Waals surface area contributed by atoms with E-state index in [4.69, 9.17) is 0 Å². The van der Waals surface area contributed by atoms with E-state index in [1.807, 2.05) is 24.3 Å². The molecular formula is C16H25N3O3S. The summed E-state index contributed by atoms with van der Waals surface area (Å²) in [4.78, 5) is 12.4. The van der Waals surface area contributed by atoms with Crippen LogP contribution in [0.5, 0.6) is 0 Å². The molecule has 7 heteroatoms. The van der Waals surface area contributed by atoms with E-state index in [1.165, 1.54) is 28.3 Å². The molecule has 1 N–H and O–H groups in total. The van der Waals surface area contributed by atoms with Gasteiger partial charge in [0.15, 0.2) is 0 Å². The first kappa shape index (κ1) is 17.9. The SMILES string of the molecule is CCc1ccc(NC(=O)C2CCCN(S(=O)(=O)N(C)C)C2)cc1. The maximum atomic E-state index is 12.4. The van der Waals surface area contributed by atoms with Crippen molar-refractivity contribution in [3.63, 3.8) is 0 Å². The summed E-state index contributed by atoms with van der Waals surface area (Å²) in [6, 6.07) is 7.74. The second-order valence-electron chi connectivity index (χ2n) is 6.03. The molecule has 1 unspecified atom stereocenters. The fourth-order valence-corrected chi connectivity index (χ4v) is 3.86. The Hall–Kier alpha value is -1.44. The van der Waals surface area contributed by atoms with Gasteiger partial charge < -0.3 is 5.32 Å². The van der Waals surface area contributed by atoms with Gasteiger partial charge in [0.05, 0.1) is 5.92 Å². The van der Waals surface area contributed by atoms with Crippen LogP contribution in [0.2, 0.25) is 0 Å². The van der Waals surface area contributed by atoms with Crippen LogP contribution in [0.25, 0.3) is 0 Å². The van der Waals surface area contributed by atoms with Crippen LogP contribution in [0, 0.1) is 5.92 Å². The van der Waals surface area contributed by atoms with Gasteiger partial charge in [0.2, 0.25) is 5.91 Å². The van der Waals surface area contributed by atoms with E-state index in [-0.39, 0.29) is 18.4 Å². The second-order valence-corrected chi connectivity index (χ2v) is 8.17. The van der Waals surface area contributed by atoms with Gasteiger partial charge in [-0.15, -0.1) is 0 Å². The monoisotopic (exact) mass is 339 g/mol. The lowest BCUT2D eigenvalue weighted by Crippen LogP contribution is -2.47. The molecule has 1 amide bonds. The van der Waals surface area contributed by atoms with Gasteiger partial charge in [0.1, 0.15) is 0 Å². The number of hydrogen-bond donors (Lipinski definition) is 1. The molecule has 0 bridgehead atoms. The lowest BCUT2D eigenvalue weighted by Gasteiger charge is -2.32. The first-order chi connectivity index (χ1) is 10.8. The first-order valence-corrected chi connectivity index (χ1v) is 9.31. The van der Waals surface area contributed by atoms with Crippen LogP contribution in [0.15, 0.2) is 24.3 Å². The fraction of sp³-hybridized carbons (Fsp3) is 0.562. The van der Waals surface area contributed by atoms with Crippen LogP contribution in [0.3, 0.4) is 0 Å². The van der Waals surface area contributed by atoms with Crippen molar-refractivity contribution in [3.8, 4) is 0 Å². The minimum absolute atomic E-state index is 0.118. The Morgan fingerprint density at radius 1 is 1.30 bits per heavy atom. The molecule has 0 aromatic heterocycles. The van der Waals surface area contributed by atoms with E-state index < -0.39 is 10.2 Å². The molecule has 1 aliphatic rings. The zero-order chi connectivity index (χ0) is 17.0. The summed E-state index contributed by atoms with van der Waals surface area (Å²) in [5.41, 5.74) is 1.96. The number of amides is 1. The highest BCUT2D eigenvalue weighted by atomic mass is 32.2. The van der Waals surface area contributed by atoms with Gasteiger partial charge in [0, 0.05) is 32.9 Å². The summed E-state index contributed by atoms with van der Waals surface area (Å²) in [6.45, 7) is 2.78. The summed E-state index contributed by atoms with van der Waals surface area (Å²) in [5, 5.41) is 2.89. The molecule has 0 saturated carbocycles. The maximum absolute atomic E-state index is 12.4. The summed E-state index contributed by atoms with van der Waals surface area (Å²) in [6.07, 6.45) is 2.35. The Morgan fingerprint density at radius 3 is 2.52 bits per heavy atom. The fourth-order valence-electron chi connectivity index (χ4n) is 2.67. The molecule has 1 atom stereocenters. The number of rotatable bonds is 5. The zero-order valence-electron chi connectivity index (χ0n) is 13.9. The van der Waals surface area contributed by atoms with Crippen molar-refractivity contribution in [2.45, 2.75) is 26.2 Å². The molecular weight excluding hydrogens is 314 g/mol. The number of piperidine rings is 1. The quantitative estimate of drug-likeness (QED) is 0.888. The number of nitrogens with one attached hydrogen (secondary N) is 1. The third-order valence-corrected chi connectivity index (χ3v) is 6.08. The zero-order valence-corrected chi connectivity index (χ0v) is 14.8. The van der Waals surface area contributed by atoms with Crippen LogP contribution < -0.4 is 5.32 Å². The Kier molecular flexibility index (Phi) is 5.78. The largest absolute Gasteiger partial charge is 0.326 e. The predicted octanol–water partition coefficient (Wildman–Crippen LogP) is 1.71. The van der Waals surface area contributed by atoms with Crippen molar-refractivity contribution in [1.82, 2.24) is 8.61 Å². The van der Waals surface area contributed by atoms with E-state index in [0.717, 1.165) is 12.1 Å². The van der Waals surface area contributed by atoms with E-state index in [2.05, 4.69) is 12.2 Å². The molecule has 128 valence electrons. The molecule has 0 spiro atoms. The highest BCUT2D eigenvalue weighted by Gasteiger charge is 2.33. The number of carbonyl (C=O) groups is 1. The molecule has 2 rings (SSSR count). The van der Waals surface area contributed by atoms with E-state index in [9.17, 15) is 13.2 Å². The van der Waals surface area contributed by atoms with Crippen molar-refractivity contribution in [2.24, 2.45) is 5.92 Å². The lowest BCUT2D eigenvalue weighted by molar-refractivity contribution is -0.120. The molecule has 6 nitrogen and oxygen atoms in total. The smallest absolute Gasteiger partial charge is 0.281 e. The minimum Gasteiger partial charge on any atom is -0.326 e. The van der Waals surface area contributed by atoms with Crippen LogP contribution in [-0.4, -0.2) is 50.1 Å². The summed E-state index contributed by atoms with van der Waals surface area (Å²) in [5.74, 6) is -0.433. The molecule has 1 saturated heterocycles. The number of carbonyl (C=O) groups excluding carboxylic acids is 1. The molecule has 1 fully saturated rings. The lowest BCUT2D eigenvalue weighted by atomic mass is 9.98. The van der Waals surface area contributed by atoms with Crippen LogP contribution in [-0.2, 0) is 21.4 Å². The van der Waals surface area contributed by atoms with Crippen molar-refractivity contribution in [3.05, 3.63) is 29.8 Å². The number of nitrogens with zero attached hydrogens (tertiary/aromatic N) is 2. The number of hydrogen-bond acceptors (Lipinski definition) is 3. The number of aryl methyl sites for hydroxylation is 1. The molecule has 0 radical (unpaired) electrons. The van der Waals surface area contributed by atoms with Gasteiger partial charge in [-0.2, -0.15) is 17.0 Å². The van der Waals surface area contributed by atoms with E-state index in [0.29, 0.717) is 19.4 Å². The van der Waals surface area contributed by atoms with Gasteiger partial charge in [-0.25, -0.2) is 0 Å². The molecule has 1 aromatic rings. The van der Waals surface area contributed by atoms with Gasteiger partial charge >= 0.3 is 0 Å². The first-order valence-electron chi connectivity index (χ1n) is 7.92. The van der Waals surface area contributed by atoms with Crippen molar-refractivity contribution in [2.75, 3.05) is 32.5 Å². The summed E-state index contributed by atoms with van der Waals surface area (Å²) < 4.78 is 27.0. The van der Waals surface area contributed by atoms with Gasteiger partial charge in [-0.3, -0.25) is 4.79 Å². The number of benzene rings is 1. The second kappa shape index (κ2) is 7.42. The maximum Gasteiger partial charge on any atom is 0.281 e. The predicted molar refractivity (Wildman–Crippen MR) is 91.4 cm³/mol. The van der Waals surface area contributed by atoms with Crippen LogP contribution in [0.1, 0.15) is 25.3 Å². The Balaban J connectivity index is 2.01. The minimum atomic E-state index is -3.46. The summed E-state index contributed by atoms with van der Waals surface area (Å²) >= 11 is 0. The van der Waals surface area contributed by atoms with E-state index >= 15 is 0 Å². The third kappa shape index (κ3) is 4.31. The molecule has 1 heterocycles. The van der Waals surface area contributed by atoms with Crippen LogP contribution >= 0.6 is 0 Å². The Labute approximate surface area is 138 Å². The number of anilines is 1. The Bertz CT molecular complexity index is 641.